The van der Waals surface area contributed by atoms with Crippen molar-refractivity contribution in [1.29, 1.82) is 0 Å². The van der Waals surface area contributed by atoms with Gasteiger partial charge in [-0.05, 0) is 73.9 Å². The molecule has 6 heteroatoms. The van der Waals surface area contributed by atoms with Crippen LogP contribution in [0.15, 0.2) is 48.5 Å². The lowest BCUT2D eigenvalue weighted by molar-refractivity contribution is -0.137. The van der Waals surface area contributed by atoms with Gasteiger partial charge in [-0.1, -0.05) is 62.4 Å². The minimum absolute atomic E-state index is 0.179. The number of carboxylic acids is 2. The average molecular weight is 496 g/mol. The topological polar surface area (TPSA) is 87.1 Å². The van der Waals surface area contributed by atoms with Gasteiger partial charge in [-0.15, -0.1) is 0 Å². The van der Waals surface area contributed by atoms with E-state index in [-0.39, 0.29) is 12.0 Å². The third kappa shape index (κ3) is 10.0. The molecule has 0 amide bonds. The summed E-state index contributed by atoms with van der Waals surface area (Å²) in [6.07, 6.45) is 11.7. The van der Waals surface area contributed by atoms with Crippen LogP contribution in [0.3, 0.4) is 0 Å². The van der Waals surface area contributed by atoms with E-state index in [1.807, 2.05) is 24.3 Å². The number of carbonyl (C=O) groups is 2. The minimum Gasteiger partial charge on any atom is -0.493 e. The Morgan fingerprint density at radius 2 is 1.64 bits per heavy atom. The summed E-state index contributed by atoms with van der Waals surface area (Å²) in [5.74, 6) is 0.137. The van der Waals surface area contributed by atoms with Crippen molar-refractivity contribution in [1.82, 2.24) is 4.90 Å². The van der Waals surface area contributed by atoms with Crippen molar-refractivity contribution in [3.63, 3.8) is 0 Å². The van der Waals surface area contributed by atoms with E-state index in [4.69, 9.17) is 14.9 Å². The number of hydrogen-bond acceptors (Lipinski definition) is 4. The van der Waals surface area contributed by atoms with E-state index >= 15 is 0 Å². The SMILES string of the molecule is O=C(O)CCCCN(CCc1ccccc1OCCCC1CCCCC1)Cc1ccc(C(=O)O)cc1. The van der Waals surface area contributed by atoms with Gasteiger partial charge < -0.3 is 14.9 Å². The van der Waals surface area contributed by atoms with Gasteiger partial charge in [0.05, 0.1) is 12.2 Å². The first-order valence-electron chi connectivity index (χ1n) is 13.5. The van der Waals surface area contributed by atoms with E-state index < -0.39 is 11.9 Å². The van der Waals surface area contributed by atoms with Crippen LogP contribution in [0.4, 0.5) is 0 Å². The standard InChI is InChI=1S/C30H41NO5/c32-29(33)14-6-7-20-31(23-25-15-17-27(18-16-25)30(34)35)21-19-26-12-4-5-13-28(26)36-22-8-11-24-9-2-1-3-10-24/h4-5,12-13,15-18,24H,1-3,6-11,14,19-23H2,(H,32,33)(H,34,35). The van der Waals surface area contributed by atoms with Crippen LogP contribution in [0.2, 0.25) is 0 Å². The van der Waals surface area contributed by atoms with Gasteiger partial charge in [0, 0.05) is 19.5 Å². The molecule has 0 unspecified atom stereocenters. The van der Waals surface area contributed by atoms with Gasteiger partial charge in [-0.2, -0.15) is 0 Å². The summed E-state index contributed by atoms with van der Waals surface area (Å²) in [5, 5.41) is 18.1. The van der Waals surface area contributed by atoms with Gasteiger partial charge in [-0.3, -0.25) is 9.69 Å². The number of ether oxygens (including phenoxy) is 1. The van der Waals surface area contributed by atoms with Gasteiger partial charge in [0.25, 0.3) is 0 Å². The van der Waals surface area contributed by atoms with Crippen molar-refractivity contribution < 1.29 is 24.5 Å². The molecule has 0 atom stereocenters. The van der Waals surface area contributed by atoms with Gasteiger partial charge in [-0.25, -0.2) is 4.79 Å². The molecule has 3 rings (SSSR count). The number of para-hydroxylation sites is 1. The largest absolute Gasteiger partial charge is 0.493 e. The molecule has 2 aromatic rings. The van der Waals surface area contributed by atoms with E-state index in [0.717, 1.165) is 56.2 Å². The number of nitrogens with zero attached hydrogens (tertiary/aromatic N) is 1. The normalized spacial score (nSPS) is 14.1. The summed E-state index contributed by atoms with van der Waals surface area (Å²) < 4.78 is 6.20. The van der Waals surface area contributed by atoms with E-state index in [0.29, 0.717) is 13.0 Å². The maximum absolute atomic E-state index is 11.2. The molecular formula is C30H41NO5. The van der Waals surface area contributed by atoms with Crippen molar-refractivity contribution in [2.75, 3.05) is 19.7 Å². The molecule has 0 bridgehead atoms. The average Bonchev–Trinajstić information content (AvgIpc) is 2.89. The maximum atomic E-state index is 11.2. The third-order valence-corrected chi connectivity index (χ3v) is 7.13. The lowest BCUT2D eigenvalue weighted by atomic mass is 9.86. The highest BCUT2D eigenvalue weighted by Crippen LogP contribution is 2.27. The van der Waals surface area contributed by atoms with Crippen molar-refractivity contribution in [2.24, 2.45) is 5.92 Å². The molecule has 0 aromatic heterocycles. The highest BCUT2D eigenvalue weighted by molar-refractivity contribution is 5.87. The zero-order valence-electron chi connectivity index (χ0n) is 21.4. The fourth-order valence-corrected chi connectivity index (χ4v) is 5.05. The molecule has 0 aliphatic heterocycles. The van der Waals surface area contributed by atoms with Gasteiger partial charge in [0.1, 0.15) is 5.75 Å². The lowest BCUT2D eigenvalue weighted by Gasteiger charge is -2.23. The van der Waals surface area contributed by atoms with Crippen molar-refractivity contribution in [2.45, 2.75) is 77.2 Å². The molecule has 0 radical (unpaired) electrons. The van der Waals surface area contributed by atoms with Crippen molar-refractivity contribution >= 4 is 11.9 Å². The molecule has 1 saturated carbocycles. The fraction of sp³-hybridized carbons (Fsp3) is 0.533. The minimum atomic E-state index is -0.928. The van der Waals surface area contributed by atoms with Crippen LogP contribution in [-0.2, 0) is 17.8 Å². The zero-order valence-corrected chi connectivity index (χ0v) is 21.4. The molecule has 0 spiro atoms. The summed E-state index contributed by atoms with van der Waals surface area (Å²) in [5.41, 5.74) is 2.51. The number of carboxylic acid groups (broad SMARTS) is 2. The van der Waals surface area contributed by atoms with Crippen molar-refractivity contribution in [3.05, 3.63) is 65.2 Å². The summed E-state index contributed by atoms with van der Waals surface area (Å²) >= 11 is 0. The molecule has 0 saturated heterocycles. The molecule has 196 valence electrons. The molecular weight excluding hydrogens is 454 g/mol. The predicted octanol–water partition coefficient (Wildman–Crippen LogP) is 6.42. The molecule has 2 aromatic carbocycles. The highest BCUT2D eigenvalue weighted by atomic mass is 16.5. The van der Waals surface area contributed by atoms with Crippen molar-refractivity contribution in [3.8, 4) is 5.75 Å². The Hall–Kier alpha value is -2.86. The first-order valence-corrected chi connectivity index (χ1v) is 13.5. The lowest BCUT2D eigenvalue weighted by Crippen LogP contribution is -2.27. The highest BCUT2D eigenvalue weighted by Gasteiger charge is 2.14. The maximum Gasteiger partial charge on any atom is 0.335 e. The predicted molar refractivity (Wildman–Crippen MR) is 142 cm³/mol. The van der Waals surface area contributed by atoms with Crippen LogP contribution in [0.5, 0.6) is 5.75 Å². The van der Waals surface area contributed by atoms with Crippen LogP contribution < -0.4 is 4.74 Å². The molecule has 1 aliphatic rings. The molecule has 2 N–H and O–H groups in total. The van der Waals surface area contributed by atoms with Crippen LogP contribution in [-0.4, -0.2) is 46.7 Å². The number of aliphatic carboxylic acids is 1. The third-order valence-electron chi connectivity index (χ3n) is 7.13. The smallest absolute Gasteiger partial charge is 0.335 e. The summed E-state index contributed by atoms with van der Waals surface area (Å²) in [7, 11) is 0. The van der Waals surface area contributed by atoms with Gasteiger partial charge in [0.15, 0.2) is 0 Å². The molecule has 1 aliphatic carbocycles. The summed E-state index contributed by atoms with van der Waals surface area (Å²) in [4.78, 5) is 24.4. The van der Waals surface area contributed by atoms with Crippen LogP contribution in [0, 0.1) is 5.92 Å². The van der Waals surface area contributed by atoms with Crippen LogP contribution >= 0.6 is 0 Å². The zero-order chi connectivity index (χ0) is 25.6. The molecule has 6 nitrogen and oxygen atoms in total. The second-order valence-electron chi connectivity index (χ2n) is 9.98. The van der Waals surface area contributed by atoms with E-state index in [9.17, 15) is 9.59 Å². The van der Waals surface area contributed by atoms with E-state index in [2.05, 4.69) is 17.0 Å². The molecule has 36 heavy (non-hydrogen) atoms. The summed E-state index contributed by atoms with van der Waals surface area (Å²) in [6.45, 7) is 3.05. The Labute approximate surface area is 215 Å². The monoisotopic (exact) mass is 495 g/mol. The number of hydrogen-bond donors (Lipinski definition) is 2. The number of aromatic carboxylic acids is 1. The quantitative estimate of drug-likeness (QED) is 0.261. The number of benzene rings is 2. The molecule has 1 fully saturated rings. The van der Waals surface area contributed by atoms with Gasteiger partial charge >= 0.3 is 11.9 Å². The summed E-state index contributed by atoms with van der Waals surface area (Å²) in [6, 6.07) is 15.2. The first-order chi connectivity index (χ1) is 17.5. The van der Waals surface area contributed by atoms with Gasteiger partial charge in [0.2, 0.25) is 0 Å². The Morgan fingerprint density at radius 1 is 0.889 bits per heavy atom. The second kappa shape index (κ2) is 15.3. The number of rotatable bonds is 16. The van der Waals surface area contributed by atoms with E-state index in [1.54, 1.807) is 12.1 Å². The number of unbranched alkanes of at least 4 members (excludes halogenated alkanes) is 1. The Bertz CT molecular complexity index is 937. The molecule has 0 heterocycles. The van der Waals surface area contributed by atoms with Crippen LogP contribution in [0.1, 0.15) is 85.7 Å². The Balaban J connectivity index is 1.53. The Morgan fingerprint density at radius 3 is 2.36 bits per heavy atom. The first kappa shape index (κ1) is 27.7. The van der Waals surface area contributed by atoms with E-state index in [1.165, 1.54) is 44.1 Å². The Kier molecular flexibility index (Phi) is 11.8. The second-order valence-corrected chi connectivity index (χ2v) is 9.98. The van der Waals surface area contributed by atoms with Crippen LogP contribution in [0.25, 0.3) is 0 Å². The fourth-order valence-electron chi connectivity index (χ4n) is 5.05.